The van der Waals surface area contributed by atoms with Gasteiger partial charge in [0.1, 0.15) is 10.9 Å². The monoisotopic (exact) mass is 238 g/mol. The lowest BCUT2D eigenvalue weighted by Gasteiger charge is -2.38. The first-order valence-corrected chi connectivity index (χ1v) is 6.02. The summed E-state index contributed by atoms with van der Waals surface area (Å²) >= 11 is 0. The minimum absolute atomic E-state index is 0.162. The predicted octanol–water partition coefficient (Wildman–Crippen LogP) is -0.261. The molecule has 0 aliphatic heterocycles. The molecule has 1 saturated carbocycles. The summed E-state index contributed by atoms with van der Waals surface area (Å²) in [4.78, 5) is 10.5. The highest BCUT2D eigenvalue weighted by Gasteiger charge is 2.45. The molecule has 5 N–H and O–H groups in total. The van der Waals surface area contributed by atoms with Gasteiger partial charge in [-0.05, 0) is 19.3 Å². The normalized spacial score (nSPS) is 32.3. The van der Waals surface area contributed by atoms with Gasteiger partial charge in [0.2, 0.25) is 0 Å². The van der Waals surface area contributed by atoms with Gasteiger partial charge in [-0.3, -0.25) is 4.55 Å². The molecule has 1 fully saturated rings. The first kappa shape index (κ1) is 12.2. The average molecular weight is 238 g/mol. The number of carbonyl (C=O) groups is 1. The summed E-state index contributed by atoms with van der Waals surface area (Å²) < 4.78 is 31.0. The highest BCUT2D eigenvalue weighted by molar-refractivity contribution is 7.86. The molecule has 7 nitrogen and oxygen atoms in total. The Kier molecular flexibility index (Phi) is 3.22. The molecular weight excluding hydrogens is 224 g/mol. The van der Waals surface area contributed by atoms with Crippen LogP contribution in [0, 0.1) is 0 Å². The van der Waals surface area contributed by atoms with Gasteiger partial charge in [-0.2, -0.15) is 8.42 Å². The predicted molar refractivity (Wildman–Crippen MR) is 51.9 cm³/mol. The van der Waals surface area contributed by atoms with E-state index in [1.807, 2.05) is 5.32 Å². The van der Waals surface area contributed by atoms with Gasteiger partial charge in [-0.1, -0.05) is 6.42 Å². The quantitative estimate of drug-likeness (QED) is 0.387. The molecule has 0 radical (unpaired) electrons. The third kappa shape index (κ3) is 2.80. The van der Waals surface area contributed by atoms with E-state index >= 15 is 0 Å². The number of rotatable bonds is 2. The maximum absolute atomic E-state index is 11.0. The summed E-state index contributed by atoms with van der Waals surface area (Å²) in [6.07, 6.45) is 0.195. The highest BCUT2D eigenvalue weighted by atomic mass is 32.2. The van der Waals surface area contributed by atoms with Crippen molar-refractivity contribution >= 4 is 16.2 Å². The zero-order valence-corrected chi connectivity index (χ0v) is 8.83. The van der Waals surface area contributed by atoms with Crippen LogP contribution in [-0.2, 0) is 10.1 Å². The van der Waals surface area contributed by atoms with E-state index in [0.717, 1.165) is 0 Å². The Balaban J connectivity index is 2.96. The van der Waals surface area contributed by atoms with E-state index in [1.54, 1.807) is 0 Å². The van der Waals surface area contributed by atoms with Crippen molar-refractivity contribution in [3.8, 4) is 0 Å². The number of carboxylic acid groups (broad SMARTS) is 1. The van der Waals surface area contributed by atoms with Crippen LogP contribution in [0.5, 0.6) is 0 Å². The second kappa shape index (κ2) is 3.95. The molecule has 2 atom stereocenters. The first-order valence-electron chi connectivity index (χ1n) is 4.52. The van der Waals surface area contributed by atoms with Crippen LogP contribution in [0.3, 0.4) is 0 Å². The standard InChI is InChI=1S/C7H14N2O5S/c8-7(9-6(10)11)4-2-1-3-5(7)15(12,13)14/h5,9H,1-4,8H2,(H,10,11)(H,12,13,14). The molecule has 0 aromatic carbocycles. The summed E-state index contributed by atoms with van der Waals surface area (Å²) in [5.74, 6) is 0. The molecule has 1 rings (SSSR count). The van der Waals surface area contributed by atoms with Crippen molar-refractivity contribution in [3.05, 3.63) is 0 Å². The fraction of sp³-hybridized carbons (Fsp3) is 0.857. The number of nitrogens with two attached hydrogens (primary N) is 1. The average Bonchev–Trinajstić information content (AvgIpc) is 1.99. The summed E-state index contributed by atoms with van der Waals surface area (Å²) in [7, 11) is -4.33. The molecule has 0 spiro atoms. The highest BCUT2D eigenvalue weighted by Crippen LogP contribution is 2.29. The maximum Gasteiger partial charge on any atom is 0.406 e. The van der Waals surface area contributed by atoms with Crippen LogP contribution in [0.2, 0.25) is 0 Å². The second-order valence-electron chi connectivity index (χ2n) is 3.72. The lowest BCUT2D eigenvalue weighted by molar-refractivity contribution is 0.164. The van der Waals surface area contributed by atoms with E-state index in [-0.39, 0.29) is 12.8 Å². The molecule has 1 aliphatic carbocycles. The molecular formula is C7H14N2O5S. The third-order valence-corrected chi connectivity index (χ3v) is 3.96. The Labute approximate surface area is 87.4 Å². The van der Waals surface area contributed by atoms with Gasteiger partial charge in [0.25, 0.3) is 10.1 Å². The van der Waals surface area contributed by atoms with E-state index in [0.29, 0.717) is 12.8 Å². The molecule has 88 valence electrons. The summed E-state index contributed by atoms with van der Waals surface area (Å²) in [5, 5.41) is 9.25. The molecule has 1 aliphatic rings. The lowest BCUT2D eigenvalue weighted by Crippen LogP contribution is -2.66. The molecule has 0 aromatic heterocycles. The lowest BCUT2D eigenvalue weighted by atomic mass is 9.89. The zero-order valence-electron chi connectivity index (χ0n) is 8.01. The van der Waals surface area contributed by atoms with Gasteiger partial charge in [-0.15, -0.1) is 0 Å². The van der Waals surface area contributed by atoms with Crippen LogP contribution >= 0.6 is 0 Å². The minimum atomic E-state index is -4.33. The van der Waals surface area contributed by atoms with Crippen molar-refractivity contribution < 1.29 is 22.9 Å². The molecule has 0 bridgehead atoms. The first-order chi connectivity index (χ1) is 6.76. The van der Waals surface area contributed by atoms with E-state index in [1.165, 1.54) is 0 Å². The minimum Gasteiger partial charge on any atom is -0.465 e. The van der Waals surface area contributed by atoms with E-state index in [9.17, 15) is 13.2 Å². The molecule has 2 unspecified atom stereocenters. The topological polar surface area (TPSA) is 130 Å². The van der Waals surface area contributed by atoms with Crippen molar-refractivity contribution in [2.24, 2.45) is 5.73 Å². The van der Waals surface area contributed by atoms with Gasteiger partial charge in [0.05, 0.1) is 0 Å². The van der Waals surface area contributed by atoms with Crippen molar-refractivity contribution in [2.75, 3.05) is 0 Å². The second-order valence-corrected chi connectivity index (χ2v) is 5.32. The smallest absolute Gasteiger partial charge is 0.406 e. The van der Waals surface area contributed by atoms with Crippen LogP contribution in [0.15, 0.2) is 0 Å². The largest absolute Gasteiger partial charge is 0.465 e. The van der Waals surface area contributed by atoms with Gasteiger partial charge < -0.3 is 16.2 Å². The molecule has 0 heterocycles. The fourth-order valence-electron chi connectivity index (χ4n) is 1.92. The van der Waals surface area contributed by atoms with Gasteiger partial charge in [0, 0.05) is 0 Å². The summed E-state index contributed by atoms with van der Waals surface area (Å²) in [5.41, 5.74) is 4.07. The van der Waals surface area contributed by atoms with Crippen LogP contribution in [-0.4, -0.2) is 35.1 Å². The maximum atomic E-state index is 11.0. The van der Waals surface area contributed by atoms with Gasteiger partial charge >= 0.3 is 6.09 Å². The van der Waals surface area contributed by atoms with Crippen molar-refractivity contribution in [1.82, 2.24) is 5.32 Å². The molecule has 8 heteroatoms. The molecule has 15 heavy (non-hydrogen) atoms. The Morgan fingerprint density at radius 1 is 1.47 bits per heavy atom. The van der Waals surface area contributed by atoms with Crippen molar-refractivity contribution in [2.45, 2.75) is 36.6 Å². The fourth-order valence-corrected chi connectivity index (χ4v) is 3.10. The van der Waals surface area contributed by atoms with Gasteiger partial charge in [0.15, 0.2) is 0 Å². The molecule has 1 amide bonds. The van der Waals surface area contributed by atoms with Crippen LogP contribution < -0.4 is 11.1 Å². The number of hydrogen-bond acceptors (Lipinski definition) is 4. The summed E-state index contributed by atoms with van der Waals surface area (Å²) in [6.45, 7) is 0. The third-order valence-electron chi connectivity index (χ3n) is 2.58. The number of amides is 1. The van der Waals surface area contributed by atoms with E-state index in [4.69, 9.17) is 15.4 Å². The Bertz CT molecular complexity index is 354. The van der Waals surface area contributed by atoms with E-state index in [2.05, 4.69) is 0 Å². The number of nitrogens with one attached hydrogen (secondary N) is 1. The molecule has 0 aromatic rings. The van der Waals surface area contributed by atoms with E-state index < -0.39 is 27.1 Å². The Hall–Kier alpha value is -0.860. The molecule has 0 saturated heterocycles. The van der Waals surface area contributed by atoms with Gasteiger partial charge in [-0.25, -0.2) is 4.79 Å². The van der Waals surface area contributed by atoms with Crippen LogP contribution in [0.25, 0.3) is 0 Å². The van der Waals surface area contributed by atoms with Crippen LogP contribution in [0.4, 0.5) is 4.79 Å². The van der Waals surface area contributed by atoms with Crippen molar-refractivity contribution in [1.29, 1.82) is 0 Å². The van der Waals surface area contributed by atoms with Crippen molar-refractivity contribution in [3.63, 3.8) is 0 Å². The summed E-state index contributed by atoms with van der Waals surface area (Å²) in [6, 6.07) is 0. The Morgan fingerprint density at radius 2 is 2.07 bits per heavy atom. The number of hydrogen-bond donors (Lipinski definition) is 4. The SMILES string of the molecule is NC1(NC(=O)O)CCCCC1S(=O)(=O)O. The van der Waals surface area contributed by atoms with Crippen LogP contribution in [0.1, 0.15) is 25.7 Å². The Morgan fingerprint density at radius 3 is 2.53 bits per heavy atom. The zero-order chi connectivity index (χ0) is 11.7.